The number of phenolic OH excluding ortho intramolecular Hbond substituents is 1. The third-order valence-electron chi connectivity index (χ3n) is 2.01. The van der Waals surface area contributed by atoms with Gasteiger partial charge in [0.2, 0.25) is 0 Å². The van der Waals surface area contributed by atoms with Crippen molar-refractivity contribution in [3.63, 3.8) is 0 Å². The van der Waals surface area contributed by atoms with Crippen LogP contribution in [0, 0.1) is 0 Å². The molecule has 0 radical (unpaired) electrons. The molecule has 1 rings (SSSR count). The van der Waals surface area contributed by atoms with Gasteiger partial charge in [0.05, 0.1) is 12.5 Å². The Balaban J connectivity index is 2.55. The third kappa shape index (κ3) is 4.14. The molecule has 1 unspecified atom stereocenters. The molecular formula is C12H16O3S. The molecule has 88 valence electrons. The quantitative estimate of drug-likeness (QED) is 0.628. The molecule has 0 fully saturated rings. The van der Waals surface area contributed by atoms with E-state index in [9.17, 15) is 4.79 Å². The van der Waals surface area contributed by atoms with Gasteiger partial charge in [0, 0.05) is 5.25 Å². The van der Waals surface area contributed by atoms with E-state index in [0.717, 1.165) is 5.56 Å². The molecule has 16 heavy (non-hydrogen) atoms. The number of aromatic hydroxyl groups is 1. The minimum atomic E-state index is -0.261. The maximum Gasteiger partial charge on any atom is 0.307 e. The monoisotopic (exact) mass is 240 g/mol. The molecule has 0 aliphatic carbocycles. The van der Waals surface area contributed by atoms with Crippen LogP contribution in [0.25, 0.3) is 0 Å². The Morgan fingerprint density at radius 3 is 2.44 bits per heavy atom. The third-order valence-corrected chi connectivity index (χ3v) is 2.49. The second kappa shape index (κ2) is 5.80. The first-order valence-electron chi connectivity index (χ1n) is 5.15. The summed E-state index contributed by atoms with van der Waals surface area (Å²) in [5.74, 6) is -0.0582. The summed E-state index contributed by atoms with van der Waals surface area (Å²) in [6, 6.07) is 6.64. The lowest BCUT2D eigenvalue weighted by molar-refractivity contribution is -0.147. The molecule has 0 aliphatic rings. The van der Waals surface area contributed by atoms with E-state index in [1.54, 1.807) is 24.3 Å². The average Bonchev–Trinajstić information content (AvgIpc) is 2.16. The van der Waals surface area contributed by atoms with Crippen LogP contribution in [-0.4, -0.2) is 17.2 Å². The van der Waals surface area contributed by atoms with E-state index in [-0.39, 0.29) is 29.5 Å². The van der Waals surface area contributed by atoms with Crippen molar-refractivity contribution in [3.05, 3.63) is 29.8 Å². The zero-order chi connectivity index (χ0) is 12.1. The number of rotatable bonds is 4. The van der Waals surface area contributed by atoms with Crippen molar-refractivity contribution in [2.45, 2.75) is 31.6 Å². The number of carbonyl (C=O) groups excluding carboxylic acids is 1. The minimum Gasteiger partial charge on any atom is -0.508 e. The molecule has 0 saturated heterocycles. The van der Waals surface area contributed by atoms with Crippen LogP contribution in [-0.2, 0) is 9.53 Å². The zero-order valence-corrected chi connectivity index (χ0v) is 10.3. The van der Waals surface area contributed by atoms with Gasteiger partial charge >= 0.3 is 5.97 Å². The van der Waals surface area contributed by atoms with Crippen LogP contribution in [0.2, 0.25) is 0 Å². The number of hydrogen-bond acceptors (Lipinski definition) is 4. The molecule has 0 bridgehead atoms. The Kier molecular flexibility index (Phi) is 4.68. The van der Waals surface area contributed by atoms with E-state index >= 15 is 0 Å². The largest absolute Gasteiger partial charge is 0.508 e. The predicted octanol–water partition coefficient (Wildman–Crippen LogP) is 2.70. The lowest BCUT2D eigenvalue weighted by Crippen LogP contribution is -2.13. The summed E-state index contributed by atoms with van der Waals surface area (Å²) in [4.78, 5) is 11.4. The fourth-order valence-corrected chi connectivity index (χ4v) is 1.60. The van der Waals surface area contributed by atoms with Crippen molar-refractivity contribution < 1.29 is 14.6 Å². The summed E-state index contributed by atoms with van der Waals surface area (Å²) in [6.45, 7) is 3.62. The number of carbonyl (C=O) groups is 1. The van der Waals surface area contributed by atoms with Crippen LogP contribution in [0.4, 0.5) is 0 Å². The highest BCUT2D eigenvalue weighted by Gasteiger charge is 2.14. The number of benzene rings is 1. The van der Waals surface area contributed by atoms with Gasteiger partial charge in [0.1, 0.15) is 5.75 Å². The van der Waals surface area contributed by atoms with Gasteiger partial charge in [-0.05, 0) is 31.5 Å². The molecule has 3 nitrogen and oxygen atoms in total. The van der Waals surface area contributed by atoms with Gasteiger partial charge in [-0.3, -0.25) is 4.79 Å². The summed E-state index contributed by atoms with van der Waals surface area (Å²) in [7, 11) is 0. The van der Waals surface area contributed by atoms with Crippen molar-refractivity contribution in [3.8, 4) is 5.75 Å². The van der Waals surface area contributed by atoms with Crippen LogP contribution in [0.3, 0.4) is 0 Å². The molecule has 0 aromatic heterocycles. The molecule has 1 aromatic carbocycles. The standard InChI is InChI=1S/C12H16O3S/c1-8(2)15-12(14)7-11(16)9-3-5-10(13)6-4-9/h3-6,8,11,13,16H,7H2,1-2H3. The summed E-state index contributed by atoms with van der Waals surface area (Å²) < 4.78 is 5.03. The molecule has 1 N–H and O–H groups in total. The highest BCUT2D eigenvalue weighted by molar-refractivity contribution is 7.80. The molecule has 0 spiro atoms. The van der Waals surface area contributed by atoms with Crippen molar-refractivity contribution >= 4 is 18.6 Å². The highest BCUT2D eigenvalue weighted by Crippen LogP contribution is 2.25. The average molecular weight is 240 g/mol. The zero-order valence-electron chi connectivity index (χ0n) is 9.38. The Bertz CT molecular complexity index is 346. The smallest absolute Gasteiger partial charge is 0.307 e. The summed E-state index contributed by atoms with van der Waals surface area (Å²) in [6.07, 6.45) is 0.124. The fraction of sp³-hybridized carbons (Fsp3) is 0.417. The van der Waals surface area contributed by atoms with Crippen molar-refractivity contribution in [1.82, 2.24) is 0 Å². The second-order valence-electron chi connectivity index (χ2n) is 3.85. The van der Waals surface area contributed by atoms with Crippen molar-refractivity contribution in [2.24, 2.45) is 0 Å². The van der Waals surface area contributed by atoms with Crippen LogP contribution < -0.4 is 0 Å². The molecule has 1 atom stereocenters. The lowest BCUT2D eigenvalue weighted by Gasteiger charge is -2.12. The number of ether oxygens (including phenoxy) is 1. The first-order chi connectivity index (χ1) is 7.49. The van der Waals surface area contributed by atoms with E-state index in [1.807, 2.05) is 13.8 Å². The van der Waals surface area contributed by atoms with Gasteiger partial charge in [0.25, 0.3) is 0 Å². The van der Waals surface area contributed by atoms with E-state index in [1.165, 1.54) is 0 Å². The summed E-state index contributed by atoms with van der Waals surface area (Å²) >= 11 is 4.33. The van der Waals surface area contributed by atoms with Gasteiger partial charge < -0.3 is 9.84 Å². The van der Waals surface area contributed by atoms with Crippen LogP contribution in [0.15, 0.2) is 24.3 Å². The Morgan fingerprint density at radius 1 is 1.38 bits per heavy atom. The molecule has 0 heterocycles. The van der Waals surface area contributed by atoms with Gasteiger partial charge in [-0.2, -0.15) is 12.6 Å². The van der Waals surface area contributed by atoms with Gasteiger partial charge in [-0.25, -0.2) is 0 Å². The molecule has 4 heteroatoms. The molecule has 1 aromatic rings. The first-order valence-corrected chi connectivity index (χ1v) is 5.67. The predicted molar refractivity (Wildman–Crippen MR) is 65.7 cm³/mol. The summed E-state index contributed by atoms with van der Waals surface area (Å²) in [5.41, 5.74) is 0.891. The Hall–Kier alpha value is -1.16. The molecular weight excluding hydrogens is 224 g/mol. The number of thiol groups is 1. The normalized spacial score (nSPS) is 12.5. The van der Waals surface area contributed by atoms with Crippen LogP contribution in [0.5, 0.6) is 5.75 Å². The van der Waals surface area contributed by atoms with E-state index in [4.69, 9.17) is 9.84 Å². The van der Waals surface area contributed by atoms with Gasteiger partial charge in [-0.1, -0.05) is 12.1 Å². The molecule has 0 amide bonds. The highest BCUT2D eigenvalue weighted by atomic mass is 32.1. The minimum absolute atomic E-state index is 0.104. The second-order valence-corrected chi connectivity index (χ2v) is 4.47. The van der Waals surface area contributed by atoms with Gasteiger partial charge in [-0.15, -0.1) is 0 Å². The van der Waals surface area contributed by atoms with Crippen LogP contribution >= 0.6 is 12.6 Å². The van der Waals surface area contributed by atoms with Crippen molar-refractivity contribution in [2.75, 3.05) is 0 Å². The summed E-state index contributed by atoms with van der Waals surface area (Å²) in [5, 5.41) is 8.92. The number of phenols is 1. The number of hydrogen-bond donors (Lipinski definition) is 2. The maximum absolute atomic E-state index is 11.4. The SMILES string of the molecule is CC(C)OC(=O)CC(S)c1ccc(O)cc1. The Labute approximate surface area is 101 Å². The topological polar surface area (TPSA) is 46.5 Å². The fourth-order valence-electron chi connectivity index (χ4n) is 1.28. The van der Waals surface area contributed by atoms with E-state index in [0.29, 0.717) is 0 Å². The molecule has 0 aliphatic heterocycles. The van der Waals surface area contributed by atoms with Crippen LogP contribution in [0.1, 0.15) is 31.1 Å². The maximum atomic E-state index is 11.4. The van der Waals surface area contributed by atoms with Gasteiger partial charge in [0.15, 0.2) is 0 Å². The Morgan fingerprint density at radius 2 is 1.94 bits per heavy atom. The lowest BCUT2D eigenvalue weighted by atomic mass is 10.1. The number of esters is 1. The van der Waals surface area contributed by atoms with E-state index < -0.39 is 0 Å². The van der Waals surface area contributed by atoms with E-state index in [2.05, 4.69) is 12.6 Å². The molecule has 0 saturated carbocycles. The first kappa shape index (κ1) is 12.9. The van der Waals surface area contributed by atoms with Crippen molar-refractivity contribution in [1.29, 1.82) is 0 Å².